The van der Waals surface area contributed by atoms with Crippen LogP contribution in [0.2, 0.25) is 0 Å². The average molecular weight is 246 g/mol. The van der Waals surface area contributed by atoms with Crippen LogP contribution in [0.1, 0.15) is 12.5 Å². The molecule has 19 heavy (non-hydrogen) atoms. The second kappa shape index (κ2) is 5.07. The van der Waals surface area contributed by atoms with Crippen molar-refractivity contribution in [1.82, 2.24) is 0 Å². The summed E-state index contributed by atoms with van der Waals surface area (Å²) in [6, 6.07) is 24.8. The molecule has 0 amide bonds. The van der Waals surface area contributed by atoms with Crippen LogP contribution in [-0.2, 0) is 0 Å². The fraction of sp³-hybridized carbons (Fsp3) is 0.0556. The minimum atomic E-state index is 0.993. The van der Waals surface area contributed by atoms with E-state index in [0.717, 1.165) is 11.4 Å². The molecule has 0 unspecified atom stereocenters. The Morgan fingerprint density at radius 1 is 0.737 bits per heavy atom. The van der Waals surface area contributed by atoms with E-state index < -0.39 is 0 Å². The van der Waals surface area contributed by atoms with Gasteiger partial charge in [0, 0.05) is 11.3 Å². The van der Waals surface area contributed by atoms with E-state index in [-0.39, 0.29) is 0 Å². The first-order valence-corrected chi connectivity index (χ1v) is 6.43. The van der Waals surface area contributed by atoms with E-state index in [1.807, 2.05) is 30.3 Å². The fourth-order valence-corrected chi connectivity index (χ4v) is 2.30. The maximum Gasteiger partial charge on any atom is 0.0633 e. The Bertz CT molecular complexity index is 722. The molecule has 0 aliphatic heterocycles. The van der Waals surface area contributed by atoms with Crippen LogP contribution in [-0.4, -0.2) is 5.71 Å². The maximum absolute atomic E-state index is 4.70. The van der Waals surface area contributed by atoms with E-state index in [9.17, 15) is 0 Å². The standard InChI is InChI=1S/C18H15N/c1-14(19-16-10-3-2-4-11-16)17-13-7-9-15-8-5-6-12-18(15)17/h2-13H,1H3/i19+1. The molecule has 3 aromatic carbocycles. The molecule has 0 bridgehead atoms. The molecule has 0 aromatic heterocycles. The second-order valence-electron chi connectivity index (χ2n) is 4.56. The van der Waals surface area contributed by atoms with Gasteiger partial charge >= 0.3 is 0 Å². The fourth-order valence-electron chi connectivity index (χ4n) is 2.30. The normalized spacial score (nSPS) is 11.7. The first kappa shape index (κ1) is 11.7. The Labute approximate surface area is 113 Å². The molecule has 0 N–H and O–H groups in total. The number of nitrogens with zero attached hydrogens (tertiary/aromatic N) is 1. The number of aliphatic imine (C=N–C) groups is 1. The van der Waals surface area contributed by atoms with Crippen LogP contribution in [0.25, 0.3) is 10.8 Å². The number of benzene rings is 3. The predicted molar refractivity (Wildman–Crippen MR) is 82.3 cm³/mol. The van der Waals surface area contributed by atoms with E-state index in [0.29, 0.717) is 0 Å². The highest BCUT2D eigenvalue weighted by Gasteiger charge is 2.03. The Morgan fingerprint density at radius 3 is 2.26 bits per heavy atom. The summed E-state index contributed by atoms with van der Waals surface area (Å²) < 4.78 is 0. The van der Waals surface area contributed by atoms with Crippen LogP contribution in [0, 0.1) is 0 Å². The van der Waals surface area contributed by atoms with Gasteiger partial charge in [0.2, 0.25) is 0 Å². The van der Waals surface area contributed by atoms with E-state index >= 15 is 0 Å². The van der Waals surface area contributed by atoms with Gasteiger partial charge in [-0.1, -0.05) is 60.7 Å². The molecule has 0 saturated heterocycles. The third kappa shape index (κ3) is 2.41. The summed E-state index contributed by atoms with van der Waals surface area (Å²) in [5.74, 6) is 0. The lowest BCUT2D eigenvalue weighted by Crippen LogP contribution is -1.95. The quantitative estimate of drug-likeness (QED) is 0.446. The largest absolute Gasteiger partial charge is 0.253 e. The van der Waals surface area contributed by atoms with Gasteiger partial charge in [-0.15, -0.1) is 0 Å². The molecule has 0 spiro atoms. The van der Waals surface area contributed by atoms with Crippen molar-refractivity contribution in [3.05, 3.63) is 78.4 Å². The zero-order valence-electron chi connectivity index (χ0n) is 10.9. The third-order valence-corrected chi connectivity index (χ3v) is 3.23. The Morgan fingerprint density at radius 2 is 1.42 bits per heavy atom. The summed E-state index contributed by atoms with van der Waals surface area (Å²) in [5.41, 5.74) is 3.23. The monoisotopic (exact) mass is 246 g/mol. The molecule has 92 valence electrons. The van der Waals surface area contributed by atoms with Crippen LogP contribution in [0.5, 0.6) is 0 Å². The van der Waals surface area contributed by atoms with Crippen LogP contribution < -0.4 is 0 Å². The molecule has 3 aromatic rings. The van der Waals surface area contributed by atoms with Crippen molar-refractivity contribution in [3.63, 3.8) is 0 Å². The van der Waals surface area contributed by atoms with E-state index in [1.54, 1.807) is 0 Å². The summed E-state index contributed by atoms with van der Waals surface area (Å²) in [6.07, 6.45) is 0. The van der Waals surface area contributed by atoms with Gasteiger partial charge in [0.05, 0.1) is 5.69 Å². The molecule has 1 nitrogen and oxygen atoms in total. The lowest BCUT2D eigenvalue weighted by atomic mass is 10.0. The number of fused-ring (bicyclic) bond motifs is 1. The highest BCUT2D eigenvalue weighted by molar-refractivity contribution is 6.10. The molecular weight excluding hydrogens is 231 g/mol. The van der Waals surface area contributed by atoms with E-state index in [1.165, 1.54) is 16.3 Å². The van der Waals surface area contributed by atoms with Crippen LogP contribution in [0.15, 0.2) is 77.8 Å². The minimum absolute atomic E-state index is 0.993. The molecule has 0 aliphatic rings. The van der Waals surface area contributed by atoms with Gasteiger partial charge < -0.3 is 0 Å². The number of rotatable bonds is 2. The van der Waals surface area contributed by atoms with Crippen molar-refractivity contribution >= 4 is 22.2 Å². The summed E-state index contributed by atoms with van der Waals surface area (Å²) >= 11 is 0. The molecule has 0 heterocycles. The maximum atomic E-state index is 4.70. The van der Waals surface area contributed by atoms with Crippen molar-refractivity contribution < 1.29 is 0 Å². The molecular formula is C18H15N. The van der Waals surface area contributed by atoms with E-state index in [4.69, 9.17) is 4.99 Å². The molecule has 0 aliphatic carbocycles. The van der Waals surface area contributed by atoms with Crippen LogP contribution in [0.4, 0.5) is 5.69 Å². The predicted octanol–water partition coefficient (Wildman–Crippen LogP) is 4.98. The van der Waals surface area contributed by atoms with Gasteiger partial charge in [0.1, 0.15) is 0 Å². The zero-order valence-corrected chi connectivity index (χ0v) is 10.9. The summed E-state index contributed by atoms with van der Waals surface area (Å²) in [6.45, 7) is 2.06. The van der Waals surface area contributed by atoms with Crippen molar-refractivity contribution in [2.24, 2.45) is 4.99 Å². The van der Waals surface area contributed by atoms with Crippen molar-refractivity contribution in [3.8, 4) is 0 Å². The minimum Gasteiger partial charge on any atom is -0.253 e. The highest BCUT2D eigenvalue weighted by atomic mass is 15.5. The summed E-state index contributed by atoms with van der Waals surface area (Å²) in [5, 5.41) is 2.50. The topological polar surface area (TPSA) is 12.4 Å². The van der Waals surface area contributed by atoms with Gasteiger partial charge in [0.25, 0.3) is 0 Å². The van der Waals surface area contributed by atoms with Gasteiger partial charge in [-0.2, -0.15) is 0 Å². The van der Waals surface area contributed by atoms with Crippen molar-refractivity contribution in [1.29, 1.82) is 0 Å². The first-order valence-electron chi connectivity index (χ1n) is 6.43. The Balaban J connectivity index is 2.12. The summed E-state index contributed by atoms with van der Waals surface area (Å²) in [4.78, 5) is 4.70. The molecule has 3 rings (SSSR count). The third-order valence-electron chi connectivity index (χ3n) is 3.23. The van der Waals surface area contributed by atoms with Gasteiger partial charge in [-0.25, -0.2) is 0 Å². The van der Waals surface area contributed by atoms with Crippen LogP contribution in [0.3, 0.4) is 0 Å². The first-order chi connectivity index (χ1) is 9.34. The smallest absolute Gasteiger partial charge is 0.0633 e. The van der Waals surface area contributed by atoms with Gasteiger partial charge in [0.15, 0.2) is 0 Å². The number of para-hydroxylation sites is 1. The summed E-state index contributed by atoms with van der Waals surface area (Å²) in [7, 11) is 0. The zero-order chi connectivity index (χ0) is 13.1. The lowest BCUT2D eigenvalue weighted by molar-refractivity contribution is 1.49. The Kier molecular flexibility index (Phi) is 3.11. The SMILES string of the molecule is CC(=[15N]c1ccccc1)c1cccc2ccccc12. The van der Waals surface area contributed by atoms with Gasteiger partial charge in [-0.05, 0) is 29.8 Å². The Hall–Kier alpha value is -2.41. The second-order valence-corrected chi connectivity index (χ2v) is 4.56. The number of hydrogen-bond donors (Lipinski definition) is 0. The van der Waals surface area contributed by atoms with Crippen molar-refractivity contribution in [2.75, 3.05) is 0 Å². The molecule has 0 radical (unpaired) electrons. The average Bonchev–Trinajstić information content (AvgIpc) is 2.47. The highest BCUT2D eigenvalue weighted by Crippen LogP contribution is 2.21. The molecule has 0 saturated carbocycles. The van der Waals surface area contributed by atoms with E-state index in [2.05, 4.69) is 49.4 Å². The number of hydrogen-bond acceptors (Lipinski definition) is 1. The van der Waals surface area contributed by atoms with Crippen molar-refractivity contribution in [2.45, 2.75) is 6.92 Å². The molecule has 0 atom stereocenters. The molecule has 0 fully saturated rings. The lowest BCUT2D eigenvalue weighted by Gasteiger charge is -2.06. The van der Waals surface area contributed by atoms with Crippen LogP contribution >= 0.6 is 0 Å². The van der Waals surface area contributed by atoms with Gasteiger partial charge in [-0.3, -0.25) is 4.99 Å². The molecule has 1 heteroatoms.